The van der Waals surface area contributed by atoms with E-state index >= 15 is 0 Å². The van der Waals surface area contributed by atoms with Crippen molar-refractivity contribution in [2.24, 2.45) is 40.5 Å². The molecule has 3 fully saturated rings. The second kappa shape index (κ2) is 8.47. The van der Waals surface area contributed by atoms with E-state index in [1.54, 1.807) is 7.05 Å². The number of benzene rings is 1. The summed E-state index contributed by atoms with van der Waals surface area (Å²) in [5.74, 6) is 3.47. The highest BCUT2D eigenvalue weighted by Crippen LogP contribution is 2.60. The summed E-state index contributed by atoms with van der Waals surface area (Å²) in [5, 5.41) is 6.82. The molecular formula is C25H31IN4O2. The molecule has 2 amide bonds. The van der Waals surface area contributed by atoms with E-state index in [1.165, 1.54) is 22.4 Å². The molecule has 6 rings (SSSR count). The van der Waals surface area contributed by atoms with Gasteiger partial charge in [-0.05, 0) is 60.0 Å². The summed E-state index contributed by atoms with van der Waals surface area (Å²) in [6.45, 7) is 2.13. The zero-order valence-corrected chi connectivity index (χ0v) is 20.7. The number of likely N-dealkylation sites (tertiary alicyclic amines) is 1. The Kier molecular flexibility index (Phi) is 5.80. The molecule has 7 heteroatoms. The van der Waals surface area contributed by atoms with Crippen molar-refractivity contribution in [2.45, 2.75) is 25.2 Å². The first kappa shape index (κ1) is 21.9. The smallest absolute Gasteiger partial charge is 0.233 e. The molecule has 7 unspecified atom stereocenters. The molecule has 7 atom stereocenters. The van der Waals surface area contributed by atoms with Gasteiger partial charge in [0.1, 0.15) is 0 Å². The van der Waals surface area contributed by atoms with Gasteiger partial charge in [-0.2, -0.15) is 0 Å². The molecule has 1 aromatic rings. The first-order valence-corrected chi connectivity index (χ1v) is 11.7. The van der Waals surface area contributed by atoms with E-state index in [0.717, 1.165) is 31.3 Å². The van der Waals surface area contributed by atoms with Gasteiger partial charge in [-0.15, -0.1) is 24.0 Å². The van der Waals surface area contributed by atoms with E-state index in [0.29, 0.717) is 24.9 Å². The Balaban J connectivity index is 0.00000216. The van der Waals surface area contributed by atoms with Gasteiger partial charge >= 0.3 is 0 Å². The number of aliphatic imine (C=N–C) groups is 1. The number of amides is 2. The van der Waals surface area contributed by atoms with Crippen LogP contribution in [0.2, 0.25) is 0 Å². The van der Waals surface area contributed by atoms with Gasteiger partial charge in [0.25, 0.3) is 0 Å². The second-order valence-corrected chi connectivity index (χ2v) is 9.82. The van der Waals surface area contributed by atoms with E-state index in [9.17, 15) is 9.59 Å². The number of halogens is 1. The first-order chi connectivity index (χ1) is 15.2. The van der Waals surface area contributed by atoms with Crippen molar-refractivity contribution in [2.75, 3.05) is 26.7 Å². The summed E-state index contributed by atoms with van der Waals surface area (Å²) in [7, 11) is 1.79. The lowest BCUT2D eigenvalue weighted by molar-refractivity contribution is -0.140. The highest BCUT2D eigenvalue weighted by Gasteiger charge is 2.59. The summed E-state index contributed by atoms with van der Waals surface area (Å²) in [4.78, 5) is 31.4. The monoisotopic (exact) mass is 546 g/mol. The fourth-order valence-corrected chi connectivity index (χ4v) is 6.83. The van der Waals surface area contributed by atoms with Crippen molar-refractivity contribution in [3.05, 3.63) is 47.5 Å². The molecular weight excluding hydrogens is 515 g/mol. The fraction of sp³-hybridized carbons (Fsp3) is 0.560. The van der Waals surface area contributed by atoms with Crippen molar-refractivity contribution >= 4 is 41.8 Å². The average molecular weight is 546 g/mol. The highest BCUT2D eigenvalue weighted by atomic mass is 127. The largest absolute Gasteiger partial charge is 0.356 e. The predicted octanol–water partition coefficient (Wildman–Crippen LogP) is 2.55. The lowest BCUT2D eigenvalue weighted by Gasteiger charge is -2.18. The third kappa shape index (κ3) is 3.38. The Bertz CT molecular complexity index is 962. The lowest BCUT2D eigenvalue weighted by atomic mass is 9.85. The number of imide groups is 1. The van der Waals surface area contributed by atoms with Crippen molar-refractivity contribution in [3.63, 3.8) is 0 Å². The molecule has 1 heterocycles. The molecule has 2 saturated carbocycles. The van der Waals surface area contributed by atoms with E-state index in [4.69, 9.17) is 0 Å². The molecule has 2 bridgehead atoms. The molecule has 5 aliphatic rings. The van der Waals surface area contributed by atoms with Crippen LogP contribution in [0.15, 0.2) is 41.4 Å². The van der Waals surface area contributed by atoms with E-state index < -0.39 is 0 Å². The molecule has 1 saturated heterocycles. The average Bonchev–Trinajstić information content (AvgIpc) is 3.21. The molecule has 32 heavy (non-hydrogen) atoms. The maximum Gasteiger partial charge on any atom is 0.233 e. The van der Waals surface area contributed by atoms with Crippen LogP contribution >= 0.6 is 24.0 Å². The van der Waals surface area contributed by atoms with Gasteiger partial charge in [-0.3, -0.25) is 19.5 Å². The van der Waals surface area contributed by atoms with Crippen molar-refractivity contribution in [3.8, 4) is 0 Å². The van der Waals surface area contributed by atoms with E-state index in [2.05, 4.69) is 52.0 Å². The standard InChI is InChI=1S/C25H30N4O2.HI/c1-26-25(28-13-19-18-12-14-5-2-3-6-17(14)22(18)19)27-9-4-10-29-23(30)20-15-7-8-16(11-15)21(20)24(29)31;/h2-3,5-8,15-16,18-22H,4,9-13H2,1H3,(H2,26,27,28);1H. The Labute approximate surface area is 206 Å². The number of hydrogen-bond donors (Lipinski definition) is 2. The third-order valence-corrected chi connectivity index (χ3v) is 8.34. The quantitative estimate of drug-likeness (QED) is 0.144. The molecule has 0 aromatic heterocycles. The Morgan fingerprint density at radius 2 is 1.78 bits per heavy atom. The zero-order valence-electron chi connectivity index (χ0n) is 18.4. The minimum absolute atomic E-state index is 0. The van der Waals surface area contributed by atoms with Crippen LogP contribution < -0.4 is 10.6 Å². The zero-order chi connectivity index (χ0) is 21.1. The molecule has 4 aliphatic carbocycles. The molecule has 170 valence electrons. The van der Waals surface area contributed by atoms with Gasteiger partial charge in [0, 0.05) is 26.7 Å². The summed E-state index contributed by atoms with van der Waals surface area (Å²) in [6, 6.07) is 8.83. The minimum Gasteiger partial charge on any atom is -0.356 e. The lowest BCUT2D eigenvalue weighted by Crippen LogP contribution is -2.40. The topological polar surface area (TPSA) is 73.8 Å². The molecule has 0 spiro atoms. The number of nitrogens with one attached hydrogen (secondary N) is 2. The molecule has 6 nitrogen and oxygen atoms in total. The van der Waals surface area contributed by atoms with Crippen LogP contribution in [0, 0.1) is 35.5 Å². The molecule has 1 aliphatic heterocycles. The van der Waals surface area contributed by atoms with Crippen molar-refractivity contribution in [1.82, 2.24) is 15.5 Å². The summed E-state index contributed by atoms with van der Waals surface area (Å²) < 4.78 is 0. The van der Waals surface area contributed by atoms with Gasteiger partial charge < -0.3 is 10.6 Å². The van der Waals surface area contributed by atoms with Crippen molar-refractivity contribution in [1.29, 1.82) is 0 Å². The summed E-state index contributed by atoms with van der Waals surface area (Å²) in [5.41, 5.74) is 3.06. The van der Waals surface area contributed by atoms with E-state index in [-0.39, 0.29) is 59.5 Å². The van der Waals surface area contributed by atoms with Crippen LogP contribution in [0.4, 0.5) is 0 Å². The van der Waals surface area contributed by atoms with Gasteiger partial charge in [0.15, 0.2) is 5.96 Å². The van der Waals surface area contributed by atoms with Crippen LogP contribution in [0.3, 0.4) is 0 Å². The van der Waals surface area contributed by atoms with Gasteiger partial charge in [0.2, 0.25) is 11.8 Å². The number of carbonyl (C=O) groups excluding carboxylic acids is 2. The number of allylic oxidation sites excluding steroid dienone is 2. The van der Waals surface area contributed by atoms with Crippen LogP contribution in [-0.2, 0) is 16.0 Å². The maximum absolute atomic E-state index is 12.8. The van der Waals surface area contributed by atoms with Crippen LogP contribution in [0.25, 0.3) is 0 Å². The van der Waals surface area contributed by atoms with Gasteiger partial charge in [-0.25, -0.2) is 0 Å². The number of fused-ring (bicyclic) bond motifs is 8. The van der Waals surface area contributed by atoms with Crippen LogP contribution in [0.1, 0.15) is 29.9 Å². The minimum atomic E-state index is -0.0898. The third-order valence-electron chi connectivity index (χ3n) is 8.34. The molecule has 0 radical (unpaired) electrons. The number of guanidine groups is 1. The van der Waals surface area contributed by atoms with Gasteiger partial charge in [-0.1, -0.05) is 36.4 Å². The molecule has 2 N–H and O–H groups in total. The maximum atomic E-state index is 12.8. The number of rotatable bonds is 6. The van der Waals surface area contributed by atoms with Crippen LogP contribution in [0.5, 0.6) is 0 Å². The normalized spacial score (nSPS) is 35.5. The summed E-state index contributed by atoms with van der Waals surface area (Å²) in [6.07, 6.45) is 7.21. The number of hydrogen-bond acceptors (Lipinski definition) is 3. The Morgan fingerprint density at radius 1 is 1.06 bits per heavy atom. The Hall–Kier alpha value is -1.90. The van der Waals surface area contributed by atoms with E-state index in [1.807, 2.05) is 0 Å². The first-order valence-electron chi connectivity index (χ1n) is 11.7. The van der Waals surface area contributed by atoms with Crippen molar-refractivity contribution < 1.29 is 9.59 Å². The van der Waals surface area contributed by atoms with Gasteiger partial charge in [0.05, 0.1) is 11.8 Å². The number of carbonyl (C=O) groups is 2. The predicted molar refractivity (Wildman–Crippen MR) is 134 cm³/mol. The second-order valence-electron chi connectivity index (χ2n) is 9.82. The SMILES string of the molecule is CN=C(NCCCN1C(=O)C2C3C=CC(C3)C2C1=O)NCC1C2Cc3ccccc3C12.I. The fourth-order valence-electron chi connectivity index (χ4n) is 6.83. The van der Waals surface area contributed by atoms with Crippen LogP contribution in [-0.4, -0.2) is 49.4 Å². The highest BCUT2D eigenvalue weighted by molar-refractivity contribution is 14.0. The molecule has 1 aromatic carbocycles. The summed E-state index contributed by atoms with van der Waals surface area (Å²) >= 11 is 0. The number of nitrogens with zero attached hydrogens (tertiary/aromatic N) is 2. The Morgan fingerprint density at radius 3 is 2.50 bits per heavy atom.